The van der Waals surface area contributed by atoms with Gasteiger partial charge in [0.1, 0.15) is 12.1 Å². The van der Waals surface area contributed by atoms with E-state index in [2.05, 4.69) is 49.5 Å². The van der Waals surface area contributed by atoms with Crippen LogP contribution in [0.2, 0.25) is 18.1 Å². The third-order valence-corrected chi connectivity index (χ3v) is 15.4. The van der Waals surface area contributed by atoms with Gasteiger partial charge in [0.25, 0.3) is 0 Å². The molecule has 1 saturated heterocycles. The van der Waals surface area contributed by atoms with Crippen LogP contribution >= 0.6 is 11.3 Å². The summed E-state index contributed by atoms with van der Waals surface area (Å²) in [6, 6.07) is 6.54. The zero-order chi connectivity index (χ0) is 37.1. The molecule has 3 rings (SSSR count). The fourth-order valence-electron chi connectivity index (χ4n) is 5.79. The average molecular weight is 731 g/mol. The second kappa shape index (κ2) is 18.7. The number of unbranched alkanes of at least 4 members (excludes halogenated alkanes) is 4. The van der Waals surface area contributed by atoms with Crippen LogP contribution in [-0.4, -0.2) is 85.6 Å². The van der Waals surface area contributed by atoms with Crippen LogP contribution in [0.15, 0.2) is 29.8 Å². The summed E-state index contributed by atoms with van der Waals surface area (Å²) in [5.41, 5.74) is 4.28. The lowest BCUT2D eigenvalue weighted by atomic mass is 9.85. The summed E-state index contributed by atoms with van der Waals surface area (Å²) in [6.07, 6.45) is 5.07. The molecular weight excluding hydrogens is 669 g/mol. The number of nitrogens with zero attached hydrogens (tertiary/aromatic N) is 2. The first-order valence-corrected chi connectivity index (χ1v) is 22.0. The minimum absolute atomic E-state index is 0.0318. The van der Waals surface area contributed by atoms with E-state index in [9.17, 15) is 14.4 Å². The summed E-state index contributed by atoms with van der Waals surface area (Å²) >= 11 is 1.60. The normalized spacial score (nSPS) is 17.5. The van der Waals surface area contributed by atoms with E-state index in [4.69, 9.17) is 14.3 Å². The van der Waals surface area contributed by atoms with Gasteiger partial charge in [0.15, 0.2) is 8.32 Å². The highest BCUT2D eigenvalue weighted by atomic mass is 32.1. The van der Waals surface area contributed by atoms with Gasteiger partial charge >= 0.3 is 0 Å². The van der Waals surface area contributed by atoms with Gasteiger partial charge in [-0.3, -0.25) is 14.4 Å². The first-order chi connectivity index (χ1) is 23.4. The van der Waals surface area contributed by atoms with Gasteiger partial charge in [0, 0.05) is 39.1 Å². The van der Waals surface area contributed by atoms with E-state index in [0.717, 1.165) is 53.8 Å². The van der Waals surface area contributed by atoms with Crippen molar-refractivity contribution in [3.8, 4) is 10.4 Å². The van der Waals surface area contributed by atoms with Crippen molar-refractivity contribution in [3.05, 3.63) is 41.0 Å². The van der Waals surface area contributed by atoms with Gasteiger partial charge in [0.05, 0.1) is 28.8 Å². The van der Waals surface area contributed by atoms with Crippen LogP contribution < -0.4 is 10.6 Å². The summed E-state index contributed by atoms with van der Waals surface area (Å²) in [4.78, 5) is 48.4. The highest BCUT2D eigenvalue weighted by Gasteiger charge is 2.48. The molecule has 0 spiro atoms. The summed E-state index contributed by atoms with van der Waals surface area (Å²) < 4.78 is 12.4. The molecular formula is C38H62N4O6SSi. The number of aromatic nitrogens is 1. The molecule has 0 unspecified atom stereocenters. The highest BCUT2D eigenvalue weighted by molar-refractivity contribution is 7.13. The maximum absolute atomic E-state index is 14.4. The van der Waals surface area contributed by atoms with Crippen molar-refractivity contribution in [1.82, 2.24) is 20.5 Å². The number of thiazole rings is 1. The number of aliphatic hydroxyl groups is 1. The smallest absolute Gasteiger partial charge is 0.246 e. The van der Waals surface area contributed by atoms with E-state index in [-0.39, 0.29) is 55.0 Å². The van der Waals surface area contributed by atoms with E-state index in [1.54, 1.807) is 16.2 Å². The van der Waals surface area contributed by atoms with Crippen molar-refractivity contribution >= 4 is 37.4 Å². The Morgan fingerprint density at radius 3 is 2.28 bits per heavy atom. The number of hydrogen-bond donors (Lipinski definition) is 3. The summed E-state index contributed by atoms with van der Waals surface area (Å²) in [5.74, 6) is -0.765. The number of carbonyl (C=O) groups is 3. The number of aliphatic hydroxyl groups excluding tert-OH is 1. The minimum atomic E-state index is -2.19. The molecule has 3 N–H and O–H groups in total. The van der Waals surface area contributed by atoms with Crippen molar-refractivity contribution < 1.29 is 28.7 Å². The second-order valence-electron chi connectivity index (χ2n) is 16.1. The quantitative estimate of drug-likeness (QED) is 0.116. The van der Waals surface area contributed by atoms with Gasteiger partial charge in [0.2, 0.25) is 17.7 Å². The molecule has 50 heavy (non-hydrogen) atoms. The van der Waals surface area contributed by atoms with Crippen LogP contribution in [0, 0.1) is 12.3 Å². The highest BCUT2D eigenvalue weighted by Crippen LogP contribution is 2.39. The predicted molar refractivity (Wildman–Crippen MR) is 203 cm³/mol. The Morgan fingerprint density at radius 1 is 1.02 bits per heavy atom. The Hall–Kier alpha value is -2.64. The first-order valence-electron chi connectivity index (χ1n) is 18.2. The molecule has 0 aliphatic carbocycles. The molecule has 3 atom stereocenters. The molecule has 280 valence electrons. The molecule has 2 heterocycles. The maximum atomic E-state index is 14.4. The zero-order valence-corrected chi connectivity index (χ0v) is 33.7. The number of hydrogen-bond acceptors (Lipinski definition) is 8. The van der Waals surface area contributed by atoms with Crippen LogP contribution in [-0.2, 0) is 30.1 Å². The molecule has 0 bridgehead atoms. The summed E-state index contributed by atoms with van der Waals surface area (Å²) in [7, 11) is -2.19. The average Bonchev–Trinajstić information content (AvgIpc) is 3.66. The van der Waals surface area contributed by atoms with Gasteiger partial charge in [-0.05, 0) is 54.4 Å². The van der Waals surface area contributed by atoms with Crippen LogP contribution in [0.4, 0.5) is 0 Å². The molecule has 1 fully saturated rings. The Balaban J connectivity index is 1.68. The Kier molecular flexibility index (Phi) is 15.6. The number of likely N-dealkylation sites (tertiary alicyclic amines) is 1. The number of nitrogens with one attached hydrogen (secondary N) is 2. The summed E-state index contributed by atoms with van der Waals surface area (Å²) in [5, 5.41) is 14.9. The Bertz CT molecular complexity index is 1380. The fraction of sp³-hybridized carbons (Fsp3) is 0.684. The molecule has 2 aromatic rings. The molecule has 3 amide bonds. The molecule has 12 heteroatoms. The number of rotatable bonds is 18. The third kappa shape index (κ3) is 12.2. The fourth-order valence-corrected chi connectivity index (χ4v) is 7.96. The van der Waals surface area contributed by atoms with E-state index in [1.165, 1.54) is 0 Å². The lowest BCUT2D eigenvalue weighted by Crippen LogP contribution is -2.57. The second-order valence-corrected chi connectivity index (χ2v) is 21.8. The molecule has 1 aliphatic rings. The van der Waals surface area contributed by atoms with E-state index in [1.807, 2.05) is 57.5 Å². The number of ether oxygens (including phenoxy) is 1. The van der Waals surface area contributed by atoms with E-state index < -0.39 is 25.8 Å². The number of amides is 3. The largest absolute Gasteiger partial charge is 0.412 e. The number of benzene rings is 1. The molecule has 0 radical (unpaired) electrons. The zero-order valence-electron chi connectivity index (χ0n) is 31.9. The van der Waals surface area contributed by atoms with Crippen LogP contribution in [0.25, 0.3) is 10.4 Å². The SMILES string of the molecule is Cc1ncsc1-c1ccc(CNC(=O)[C@@H]2C[C@@H](O[Si](C)(C)C(C)(C)C)CN2C(=O)[C@@H](NC(=O)CCOCCCCCCCO)C(C)(C)C)cc1. The lowest BCUT2D eigenvalue weighted by Gasteiger charge is -2.38. The Morgan fingerprint density at radius 2 is 1.68 bits per heavy atom. The number of aryl methyl sites for hydroxylation is 1. The first kappa shape index (κ1) is 41.8. The van der Waals surface area contributed by atoms with Crippen molar-refractivity contribution in [2.24, 2.45) is 5.41 Å². The summed E-state index contributed by atoms with van der Waals surface area (Å²) in [6.45, 7) is 20.4. The standard InChI is InChI=1S/C38H62N4O6SSi/c1-27-33(49-26-40-27)29-17-15-28(16-18-29)24-39-35(45)31-23-30(48-50(8,9)38(5,6)7)25-42(31)36(46)34(37(2,3)4)41-32(44)19-22-47-21-14-12-10-11-13-20-43/h15-18,26,30-31,34,43H,10-14,19-25H2,1-9H3,(H,39,45)(H,41,44)/t30-,31+,34-/m1/s1. The van der Waals surface area contributed by atoms with Crippen molar-refractivity contribution in [3.63, 3.8) is 0 Å². The molecule has 1 aromatic heterocycles. The maximum Gasteiger partial charge on any atom is 0.246 e. The lowest BCUT2D eigenvalue weighted by molar-refractivity contribution is -0.144. The molecule has 1 aliphatic heterocycles. The van der Waals surface area contributed by atoms with Crippen LogP contribution in [0.3, 0.4) is 0 Å². The van der Waals surface area contributed by atoms with Gasteiger partial charge < -0.3 is 29.8 Å². The van der Waals surface area contributed by atoms with Crippen molar-refractivity contribution in [2.75, 3.05) is 26.4 Å². The molecule has 1 aromatic carbocycles. The predicted octanol–water partition coefficient (Wildman–Crippen LogP) is 6.61. The van der Waals surface area contributed by atoms with Gasteiger partial charge in [-0.25, -0.2) is 4.98 Å². The van der Waals surface area contributed by atoms with Crippen LogP contribution in [0.5, 0.6) is 0 Å². The molecule has 10 nitrogen and oxygen atoms in total. The van der Waals surface area contributed by atoms with Gasteiger partial charge in [-0.2, -0.15) is 0 Å². The van der Waals surface area contributed by atoms with E-state index in [0.29, 0.717) is 19.6 Å². The van der Waals surface area contributed by atoms with Gasteiger partial charge in [-0.1, -0.05) is 85.1 Å². The van der Waals surface area contributed by atoms with Gasteiger partial charge in [-0.15, -0.1) is 11.3 Å². The van der Waals surface area contributed by atoms with Crippen LogP contribution in [0.1, 0.15) is 97.7 Å². The third-order valence-electron chi connectivity index (χ3n) is 9.88. The monoisotopic (exact) mass is 730 g/mol. The van der Waals surface area contributed by atoms with E-state index >= 15 is 0 Å². The topological polar surface area (TPSA) is 130 Å². The minimum Gasteiger partial charge on any atom is -0.412 e. The van der Waals surface area contributed by atoms with Crippen molar-refractivity contribution in [1.29, 1.82) is 0 Å². The Labute approximate surface area is 305 Å². The van der Waals surface area contributed by atoms with Crippen molar-refractivity contribution in [2.45, 2.75) is 136 Å². The molecule has 0 saturated carbocycles. The number of carbonyl (C=O) groups excluding carboxylic acids is 3.